The van der Waals surface area contributed by atoms with Crippen LogP contribution in [0.2, 0.25) is 0 Å². The van der Waals surface area contributed by atoms with Gasteiger partial charge in [-0.05, 0) is 24.8 Å². The van der Waals surface area contributed by atoms with Crippen molar-refractivity contribution in [1.29, 1.82) is 0 Å². The zero-order valence-electron chi connectivity index (χ0n) is 12.5. The van der Waals surface area contributed by atoms with Gasteiger partial charge in [-0.2, -0.15) is 0 Å². The van der Waals surface area contributed by atoms with Crippen LogP contribution >= 0.6 is 0 Å². The molecular formula is C18H22O3. The highest BCUT2D eigenvalue weighted by atomic mass is 16.5. The van der Waals surface area contributed by atoms with Crippen molar-refractivity contribution in [2.45, 2.75) is 51.6 Å². The number of ether oxygens (including phenoxy) is 1. The molecule has 1 heterocycles. The highest BCUT2D eigenvalue weighted by molar-refractivity contribution is 6.07. The second kappa shape index (κ2) is 5.63. The van der Waals surface area contributed by atoms with Crippen LogP contribution in [-0.4, -0.2) is 11.8 Å². The Labute approximate surface area is 125 Å². The van der Waals surface area contributed by atoms with Crippen molar-refractivity contribution in [1.82, 2.24) is 0 Å². The molecular weight excluding hydrogens is 264 g/mol. The fourth-order valence-corrected chi connectivity index (χ4v) is 3.85. The van der Waals surface area contributed by atoms with Gasteiger partial charge in [0.05, 0.1) is 5.92 Å². The SMILES string of the molecule is CC[C@@H]1C(=O)C2(CCCCC2)C(=O)O[C@H]1c1ccccc1. The molecule has 3 nitrogen and oxygen atoms in total. The van der Waals surface area contributed by atoms with Crippen molar-refractivity contribution < 1.29 is 14.3 Å². The minimum Gasteiger partial charge on any atom is -0.456 e. The van der Waals surface area contributed by atoms with E-state index in [9.17, 15) is 9.59 Å². The Balaban J connectivity index is 1.94. The molecule has 2 aliphatic rings. The number of cyclic esters (lactones) is 1. The summed E-state index contributed by atoms with van der Waals surface area (Å²) in [7, 11) is 0. The summed E-state index contributed by atoms with van der Waals surface area (Å²) in [5, 5.41) is 0. The molecule has 1 saturated carbocycles. The third-order valence-corrected chi connectivity index (χ3v) is 5.07. The van der Waals surface area contributed by atoms with E-state index in [1.165, 1.54) is 0 Å². The number of benzene rings is 1. The Bertz CT molecular complexity index is 529. The van der Waals surface area contributed by atoms with Gasteiger partial charge in [0.2, 0.25) is 0 Å². The minimum atomic E-state index is -0.843. The minimum absolute atomic E-state index is 0.120. The predicted molar refractivity (Wildman–Crippen MR) is 79.6 cm³/mol. The summed E-state index contributed by atoms with van der Waals surface area (Å²) in [6.07, 6.45) is 4.66. The van der Waals surface area contributed by atoms with Gasteiger partial charge in [-0.3, -0.25) is 9.59 Å². The molecule has 3 heteroatoms. The Morgan fingerprint density at radius 2 is 1.76 bits per heavy atom. The topological polar surface area (TPSA) is 43.4 Å². The Morgan fingerprint density at radius 1 is 1.10 bits per heavy atom. The molecule has 0 radical (unpaired) electrons. The first-order valence-electron chi connectivity index (χ1n) is 7.99. The van der Waals surface area contributed by atoms with E-state index in [0.29, 0.717) is 19.3 Å². The molecule has 0 amide bonds. The smallest absolute Gasteiger partial charge is 0.320 e. The summed E-state index contributed by atoms with van der Waals surface area (Å²) >= 11 is 0. The van der Waals surface area contributed by atoms with Crippen molar-refractivity contribution in [2.75, 3.05) is 0 Å². The van der Waals surface area contributed by atoms with Gasteiger partial charge in [-0.1, -0.05) is 56.5 Å². The summed E-state index contributed by atoms with van der Waals surface area (Å²) in [5.74, 6) is -0.372. The second-order valence-electron chi connectivity index (χ2n) is 6.26. The van der Waals surface area contributed by atoms with E-state index in [1.807, 2.05) is 37.3 Å². The highest BCUT2D eigenvalue weighted by Gasteiger charge is 2.55. The van der Waals surface area contributed by atoms with E-state index in [1.54, 1.807) is 0 Å². The molecule has 3 rings (SSSR count). The number of hydrogen-bond acceptors (Lipinski definition) is 3. The zero-order chi connectivity index (χ0) is 14.9. The molecule has 2 atom stereocenters. The monoisotopic (exact) mass is 286 g/mol. The third-order valence-electron chi connectivity index (χ3n) is 5.07. The van der Waals surface area contributed by atoms with Gasteiger partial charge >= 0.3 is 5.97 Å². The quantitative estimate of drug-likeness (QED) is 0.613. The van der Waals surface area contributed by atoms with Gasteiger partial charge in [0.1, 0.15) is 11.5 Å². The summed E-state index contributed by atoms with van der Waals surface area (Å²) in [4.78, 5) is 25.6. The Hall–Kier alpha value is -1.64. The van der Waals surface area contributed by atoms with Crippen LogP contribution in [-0.2, 0) is 14.3 Å². The van der Waals surface area contributed by atoms with Crippen molar-refractivity contribution in [3.63, 3.8) is 0 Å². The van der Waals surface area contributed by atoms with Crippen LogP contribution in [0.25, 0.3) is 0 Å². The van der Waals surface area contributed by atoms with Gasteiger partial charge in [0.15, 0.2) is 5.78 Å². The number of Topliss-reactive ketones (excluding diaryl/α,β-unsaturated/α-hetero) is 1. The molecule has 0 bridgehead atoms. The first-order chi connectivity index (χ1) is 10.2. The lowest BCUT2D eigenvalue weighted by Crippen LogP contribution is -2.51. The van der Waals surface area contributed by atoms with Gasteiger partial charge < -0.3 is 4.74 Å². The number of carbonyl (C=O) groups is 2. The lowest BCUT2D eigenvalue weighted by atomic mass is 9.64. The largest absolute Gasteiger partial charge is 0.456 e. The number of carbonyl (C=O) groups excluding carboxylic acids is 2. The average Bonchev–Trinajstić information content (AvgIpc) is 2.54. The highest BCUT2D eigenvalue weighted by Crippen LogP contribution is 2.48. The Morgan fingerprint density at radius 3 is 2.38 bits per heavy atom. The van der Waals surface area contributed by atoms with E-state index in [0.717, 1.165) is 24.8 Å². The van der Waals surface area contributed by atoms with Crippen molar-refractivity contribution >= 4 is 11.8 Å². The molecule has 112 valence electrons. The van der Waals surface area contributed by atoms with E-state index < -0.39 is 11.5 Å². The molecule has 1 spiro atoms. The van der Waals surface area contributed by atoms with Crippen molar-refractivity contribution in [2.24, 2.45) is 11.3 Å². The first-order valence-corrected chi connectivity index (χ1v) is 7.99. The number of ketones is 1. The molecule has 0 aromatic heterocycles. The standard InChI is InChI=1S/C18H22O3/c1-2-14-15(13-9-5-3-6-10-13)21-17(20)18(16(14)19)11-7-4-8-12-18/h3,5-6,9-10,14-15H,2,4,7-8,11-12H2,1H3/t14-,15-/m0/s1. The predicted octanol–water partition coefficient (Wildman–Crippen LogP) is 3.83. The van der Waals surface area contributed by atoms with Crippen molar-refractivity contribution in [3.05, 3.63) is 35.9 Å². The Kier molecular flexibility index (Phi) is 3.83. The van der Waals surface area contributed by atoms with Gasteiger partial charge in [0.25, 0.3) is 0 Å². The van der Waals surface area contributed by atoms with Gasteiger partial charge in [0, 0.05) is 0 Å². The average molecular weight is 286 g/mol. The summed E-state index contributed by atoms with van der Waals surface area (Å²) in [5.41, 5.74) is 0.0845. The van der Waals surface area contributed by atoms with Crippen LogP contribution in [0.1, 0.15) is 57.1 Å². The maximum Gasteiger partial charge on any atom is 0.320 e. The molecule has 0 unspecified atom stereocenters. The molecule has 1 aromatic rings. The van der Waals surface area contributed by atoms with E-state index >= 15 is 0 Å². The lowest BCUT2D eigenvalue weighted by molar-refractivity contribution is -0.184. The fraction of sp³-hybridized carbons (Fsp3) is 0.556. The molecule has 0 N–H and O–H groups in total. The number of hydrogen-bond donors (Lipinski definition) is 0. The maximum atomic E-state index is 13.0. The molecule has 1 aliphatic carbocycles. The summed E-state index contributed by atoms with van der Waals surface area (Å²) < 4.78 is 5.78. The molecule has 1 aliphatic heterocycles. The third kappa shape index (κ3) is 2.29. The maximum absolute atomic E-state index is 13.0. The van der Waals surface area contributed by atoms with E-state index in [-0.39, 0.29) is 17.7 Å². The summed E-state index contributed by atoms with van der Waals surface area (Å²) in [6.45, 7) is 2.01. The molecule has 21 heavy (non-hydrogen) atoms. The fourth-order valence-electron chi connectivity index (χ4n) is 3.85. The van der Waals surface area contributed by atoms with E-state index in [4.69, 9.17) is 4.74 Å². The first kappa shape index (κ1) is 14.3. The van der Waals surface area contributed by atoms with Crippen LogP contribution in [0.5, 0.6) is 0 Å². The van der Waals surface area contributed by atoms with Crippen LogP contribution in [0.3, 0.4) is 0 Å². The molecule has 1 aromatic carbocycles. The molecule has 1 saturated heterocycles. The number of esters is 1. The zero-order valence-corrected chi connectivity index (χ0v) is 12.5. The normalized spacial score (nSPS) is 28.4. The van der Waals surface area contributed by atoms with Crippen molar-refractivity contribution in [3.8, 4) is 0 Å². The van der Waals surface area contributed by atoms with Crippen LogP contribution in [0.15, 0.2) is 30.3 Å². The van der Waals surface area contributed by atoms with Crippen LogP contribution < -0.4 is 0 Å². The lowest BCUT2D eigenvalue weighted by Gasteiger charge is -2.43. The van der Waals surface area contributed by atoms with Gasteiger partial charge in [-0.15, -0.1) is 0 Å². The van der Waals surface area contributed by atoms with E-state index in [2.05, 4.69) is 0 Å². The second-order valence-corrected chi connectivity index (χ2v) is 6.26. The summed E-state index contributed by atoms with van der Waals surface area (Å²) in [6, 6.07) is 9.65. The van der Waals surface area contributed by atoms with Gasteiger partial charge in [-0.25, -0.2) is 0 Å². The van der Waals surface area contributed by atoms with Crippen LogP contribution in [0.4, 0.5) is 0 Å². The van der Waals surface area contributed by atoms with Crippen LogP contribution in [0, 0.1) is 11.3 Å². The molecule has 2 fully saturated rings. The number of rotatable bonds is 2.